The molecule has 2 N–H and O–H groups in total. The fourth-order valence-corrected chi connectivity index (χ4v) is 2.04. The number of urea groups is 1. The molecule has 0 spiro atoms. The molecule has 1 unspecified atom stereocenters. The minimum atomic E-state index is -0.784. The number of carbonyl (C=O) groups excluding carboxylic acids is 1. The van der Waals surface area contributed by atoms with Crippen LogP contribution in [0.15, 0.2) is 0 Å². The van der Waals surface area contributed by atoms with Crippen molar-refractivity contribution < 1.29 is 14.7 Å². The second-order valence-electron chi connectivity index (χ2n) is 4.51. The van der Waals surface area contributed by atoms with Crippen molar-refractivity contribution in [2.45, 2.75) is 12.8 Å². The van der Waals surface area contributed by atoms with E-state index in [1.54, 1.807) is 16.8 Å². The second-order valence-corrected chi connectivity index (χ2v) is 4.51. The van der Waals surface area contributed by atoms with Crippen LogP contribution in [0.2, 0.25) is 0 Å². The van der Waals surface area contributed by atoms with Gasteiger partial charge in [0.05, 0.1) is 0 Å². The number of carboxylic acid groups (broad SMARTS) is 1. The Morgan fingerprint density at radius 2 is 2.24 bits per heavy atom. The first kappa shape index (κ1) is 13.8. The van der Waals surface area contributed by atoms with Crippen LogP contribution in [0.5, 0.6) is 0 Å². The summed E-state index contributed by atoms with van der Waals surface area (Å²) in [5.74, 6) is -0.679. The van der Waals surface area contributed by atoms with Gasteiger partial charge in [-0.15, -0.1) is 0 Å². The van der Waals surface area contributed by atoms with Crippen molar-refractivity contribution in [1.82, 2.24) is 15.1 Å². The molecule has 1 aliphatic rings. The van der Waals surface area contributed by atoms with Gasteiger partial charge in [-0.05, 0) is 19.4 Å². The summed E-state index contributed by atoms with van der Waals surface area (Å²) in [4.78, 5) is 25.9. The van der Waals surface area contributed by atoms with E-state index >= 15 is 0 Å². The summed E-state index contributed by atoms with van der Waals surface area (Å²) in [6.45, 7) is 2.65. The summed E-state index contributed by atoms with van der Waals surface area (Å²) in [7, 11) is 3.61. The molecule has 17 heavy (non-hydrogen) atoms. The summed E-state index contributed by atoms with van der Waals surface area (Å²) in [5, 5.41) is 11.7. The van der Waals surface area contributed by atoms with E-state index in [-0.39, 0.29) is 18.4 Å². The number of hydrogen-bond acceptors (Lipinski definition) is 3. The van der Waals surface area contributed by atoms with E-state index in [4.69, 9.17) is 5.11 Å². The van der Waals surface area contributed by atoms with Crippen LogP contribution >= 0.6 is 0 Å². The molecule has 0 saturated carbocycles. The molecule has 0 aromatic carbocycles. The van der Waals surface area contributed by atoms with E-state index in [0.717, 1.165) is 13.0 Å². The Morgan fingerprint density at radius 3 is 2.82 bits per heavy atom. The van der Waals surface area contributed by atoms with Gasteiger partial charge in [0.15, 0.2) is 0 Å². The first-order chi connectivity index (χ1) is 8.04. The molecule has 0 aromatic rings. The normalized spacial score (nSPS) is 19.4. The molecular weight excluding hydrogens is 222 g/mol. The predicted octanol–water partition coefficient (Wildman–Crippen LogP) is 0.0542. The molecule has 0 bridgehead atoms. The maximum Gasteiger partial charge on any atom is 0.319 e. The number of likely N-dealkylation sites (tertiary alicyclic amines) is 1. The van der Waals surface area contributed by atoms with Gasteiger partial charge in [0.1, 0.15) is 0 Å². The van der Waals surface area contributed by atoms with E-state index in [9.17, 15) is 9.59 Å². The first-order valence-electron chi connectivity index (χ1n) is 5.91. The lowest BCUT2D eigenvalue weighted by atomic mass is 10.1. The molecule has 1 heterocycles. The molecule has 1 fully saturated rings. The van der Waals surface area contributed by atoms with Gasteiger partial charge in [-0.2, -0.15) is 0 Å². The average molecular weight is 243 g/mol. The summed E-state index contributed by atoms with van der Waals surface area (Å²) < 4.78 is 0. The number of carbonyl (C=O) groups is 2. The summed E-state index contributed by atoms with van der Waals surface area (Å²) in [5.41, 5.74) is 0. The zero-order valence-electron chi connectivity index (χ0n) is 10.5. The molecule has 1 saturated heterocycles. The van der Waals surface area contributed by atoms with Crippen molar-refractivity contribution in [1.29, 1.82) is 0 Å². The standard InChI is InChI=1S/C11H21N3O3/c1-12-4-6-13(2)11(17)14-5-3-9(8-14)7-10(15)16/h9,12H,3-8H2,1-2H3,(H,15,16). The van der Waals surface area contributed by atoms with Gasteiger partial charge in [-0.25, -0.2) is 4.79 Å². The smallest absolute Gasteiger partial charge is 0.319 e. The Morgan fingerprint density at radius 1 is 1.53 bits per heavy atom. The Bertz CT molecular complexity index is 283. The molecule has 1 aliphatic heterocycles. The quantitative estimate of drug-likeness (QED) is 0.716. The number of nitrogens with one attached hydrogen (secondary N) is 1. The Kier molecular flexibility index (Phi) is 5.21. The van der Waals surface area contributed by atoms with Crippen LogP contribution in [-0.2, 0) is 4.79 Å². The van der Waals surface area contributed by atoms with Crippen LogP contribution in [0, 0.1) is 5.92 Å². The van der Waals surface area contributed by atoms with Gasteiger partial charge in [-0.3, -0.25) is 4.79 Å². The number of hydrogen-bond donors (Lipinski definition) is 2. The number of likely N-dealkylation sites (N-methyl/N-ethyl adjacent to an activating group) is 2. The molecule has 1 atom stereocenters. The van der Waals surface area contributed by atoms with Crippen molar-refractivity contribution in [2.75, 3.05) is 40.3 Å². The van der Waals surface area contributed by atoms with E-state index in [2.05, 4.69) is 5.32 Å². The van der Waals surface area contributed by atoms with Crippen LogP contribution in [-0.4, -0.2) is 67.2 Å². The van der Waals surface area contributed by atoms with E-state index < -0.39 is 5.97 Å². The number of carboxylic acids is 1. The Balaban J connectivity index is 2.36. The van der Waals surface area contributed by atoms with Crippen molar-refractivity contribution in [2.24, 2.45) is 5.92 Å². The highest BCUT2D eigenvalue weighted by atomic mass is 16.4. The van der Waals surface area contributed by atoms with E-state index in [0.29, 0.717) is 19.6 Å². The largest absolute Gasteiger partial charge is 0.481 e. The van der Waals surface area contributed by atoms with E-state index in [1.165, 1.54) is 0 Å². The summed E-state index contributed by atoms with van der Waals surface area (Å²) in [6.07, 6.45) is 0.946. The topological polar surface area (TPSA) is 72.9 Å². The molecule has 0 aromatic heterocycles. The molecule has 1 rings (SSSR count). The Labute approximate surface area is 102 Å². The number of amides is 2. The SMILES string of the molecule is CNCCN(C)C(=O)N1CCC(CC(=O)O)C1. The molecule has 0 radical (unpaired) electrons. The molecule has 6 heteroatoms. The van der Waals surface area contributed by atoms with Gasteiger partial charge in [0, 0.05) is 39.6 Å². The van der Waals surface area contributed by atoms with Gasteiger partial charge >= 0.3 is 12.0 Å². The number of rotatable bonds is 5. The fourth-order valence-electron chi connectivity index (χ4n) is 2.04. The van der Waals surface area contributed by atoms with Crippen LogP contribution in [0.4, 0.5) is 4.79 Å². The van der Waals surface area contributed by atoms with Crippen molar-refractivity contribution >= 4 is 12.0 Å². The Hall–Kier alpha value is -1.30. The zero-order chi connectivity index (χ0) is 12.8. The van der Waals surface area contributed by atoms with Gasteiger partial charge < -0.3 is 20.2 Å². The monoisotopic (exact) mass is 243 g/mol. The molecule has 2 amide bonds. The van der Waals surface area contributed by atoms with Gasteiger partial charge in [-0.1, -0.05) is 0 Å². The lowest BCUT2D eigenvalue weighted by Crippen LogP contribution is -2.42. The van der Waals surface area contributed by atoms with Gasteiger partial charge in [0.25, 0.3) is 0 Å². The molecule has 0 aliphatic carbocycles. The van der Waals surface area contributed by atoms with Crippen LogP contribution in [0.3, 0.4) is 0 Å². The minimum absolute atomic E-state index is 0.00635. The zero-order valence-corrected chi connectivity index (χ0v) is 10.5. The minimum Gasteiger partial charge on any atom is -0.481 e. The fraction of sp³-hybridized carbons (Fsp3) is 0.818. The first-order valence-corrected chi connectivity index (χ1v) is 5.91. The second kappa shape index (κ2) is 6.44. The third-order valence-corrected chi connectivity index (χ3v) is 3.04. The van der Waals surface area contributed by atoms with Crippen LogP contribution in [0.25, 0.3) is 0 Å². The predicted molar refractivity (Wildman–Crippen MR) is 63.9 cm³/mol. The molecular formula is C11H21N3O3. The third-order valence-electron chi connectivity index (χ3n) is 3.04. The molecule has 98 valence electrons. The van der Waals surface area contributed by atoms with Crippen LogP contribution < -0.4 is 5.32 Å². The molecule has 6 nitrogen and oxygen atoms in total. The third kappa shape index (κ3) is 4.22. The summed E-state index contributed by atoms with van der Waals surface area (Å²) >= 11 is 0. The maximum absolute atomic E-state index is 12.0. The highest BCUT2D eigenvalue weighted by Crippen LogP contribution is 2.20. The van der Waals surface area contributed by atoms with Crippen molar-refractivity contribution in [3.8, 4) is 0 Å². The average Bonchev–Trinajstić information content (AvgIpc) is 2.72. The highest BCUT2D eigenvalue weighted by Gasteiger charge is 2.29. The lowest BCUT2D eigenvalue weighted by Gasteiger charge is -2.24. The highest BCUT2D eigenvalue weighted by molar-refractivity contribution is 5.74. The maximum atomic E-state index is 12.0. The van der Waals surface area contributed by atoms with Gasteiger partial charge in [0.2, 0.25) is 0 Å². The number of aliphatic carboxylic acids is 1. The van der Waals surface area contributed by atoms with Crippen molar-refractivity contribution in [3.63, 3.8) is 0 Å². The summed E-state index contributed by atoms with van der Waals surface area (Å²) in [6, 6.07) is -0.00635. The van der Waals surface area contributed by atoms with E-state index in [1.807, 2.05) is 7.05 Å². The van der Waals surface area contributed by atoms with Crippen molar-refractivity contribution in [3.05, 3.63) is 0 Å². The lowest BCUT2D eigenvalue weighted by molar-refractivity contribution is -0.138. The number of nitrogens with zero attached hydrogens (tertiary/aromatic N) is 2. The van der Waals surface area contributed by atoms with Crippen LogP contribution in [0.1, 0.15) is 12.8 Å².